The molecule has 0 bridgehead atoms. The molecule has 1 unspecified atom stereocenters. The van der Waals surface area contributed by atoms with Crippen LogP contribution in [0.2, 0.25) is 0 Å². The van der Waals surface area contributed by atoms with Gasteiger partial charge in [-0.25, -0.2) is 12.8 Å². The Bertz CT molecular complexity index is 1180. The third-order valence-electron chi connectivity index (χ3n) is 5.75. The predicted octanol–water partition coefficient (Wildman–Crippen LogP) is 3.61. The van der Waals surface area contributed by atoms with Gasteiger partial charge in [0.1, 0.15) is 5.82 Å². The second-order valence-electron chi connectivity index (χ2n) is 8.22. The van der Waals surface area contributed by atoms with E-state index in [1.54, 1.807) is 17.9 Å². The molecule has 7 nitrogen and oxygen atoms in total. The zero-order valence-electron chi connectivity index (χ0n) is 17.7. The number of carbonyl (C=O) groups excluding carboxylic acids is 2. The summed E-state index contributed by atoms with van der Waals surface area (Å²) >= 11 is 1.13. The number of aryl methyl sites for hydroxylation is 1. The highest BCUT2D eigenvalue weighted by Gasteiger charge is 2.37. The summed E-state index contributed by atoms with van der Waals surface area (Å²) in [6.45, 7) is 5.04. The molecule has 10 heteroatoms. The van der Waals surface area contributed by atoms with E-state index in [-0.39, 0.29) is 16.5 Å². The van der Waals surface area contributed by atoms with Gasteiger partial charge in [-0.15, -0.1) is 11.8 Å². The maximum Gasteiger partial charge on any atom is 0.261 e. The molecule has 32 heavy (non-hydrogen) atoms. The minimum Gasteiger partial charge on any atom is -0.341 e. The van der Waals surface area contributed by atoms with Gasteiger partial charge in [0.25, 0.3) is 10.0 Å². The standard InChI is InChI=1S/C22H24FN3O4S2/c1-13-7-9-26(10-8-13)22(28)20-21(27)24-18-12-16(4-6-19(18)31-20)32(29,30)25-17-5-3-15(23)11-14(17)2/h3-6,11-13,20,25H,7-10H2,1-2H3,(H,24,27). The smallest absolute Gasteiger partial charge is 0.261 e. The lowest BCUT2D eigenvalue weighted by atomic mass is 9.99. The largest absolute Gasteiger partial charge is 0.341 e. The number of likely N-dealkylation sites (tertiary alicyclic amines) is 1. The summed E-state index contributed by atoms with van der Waals surface area (Å²) < 4.78 is 41.4. The molecule has 4 rings (SSSR count). The third kappa shape index (κ3) is 4.61. The SMILES string of the molecule is Cc1cc(F)ccc1NS(=O)(=O)c1ccc2c(c1)NC(=O)C(C(=O)N1CCC(C)CC1)S2. The number of nitrogens with one attached hydrogen (secondary N) is 2. The Morgan fingerprint density at radius 3 is 2.59 bits per heavy atom. The van der Waals surface area contributed by atoms with Crippen molar-refractivity contribution in [2.75, 3.05) is 23.1 Å². The van der Waals surface area contributed by atoms with Gasteiger partial charge >= 0.3 is 0 Å². The van der Waals surface area contributed by atoms with Crippen molar-refractivity contribution in [3.63, 3.8) is 0 Å². The first-order valence-corrected chi connectivity index (χ1v) is 12.7. The monoisotopic (exact) mass is 477 g/mol. The molecule has 2 N–H and O–H groups in total. The molecule has 0 aliphatic carbocycles. The number of rotatable bonds is 4. The molecule has 2 aliphatic heterocycles. The molecule has 1 atom stereocenters. The van der Waals surface area contributed by atoms with E-state index in [0.717, 1.165) is 24.6 Å². The zero-order chi connectivity index (χ0) is 23.0. The van der Waals surface area contributed by atoms with Gasteiger partial charge in [0, 0.05) is 18.0 Å². The van der Waals surface area contributed by atoms with Crippen LogP contribution in [0.4, 0.5) is 15.8 Å². The maximum atomic E-state index is 13.3. The van der Waals surface area contributed by atoms with Crippen LogP contribution in [-0.4, -0.2) is 43.5 Å². The fraction of sp³-hybridized carbons (Fsp3) is 0.364. The Balaban J connectivity index is 1.52. The first-order valence-electron chi connectivity index (χ1n) is 10.3. The number of halogens is 1. The highest BCUT2D eigenvalue weighted by molar-refractivity contribution is 8.01. The number of amides is 2. The number of hydrogen-bond acceptors (Lipinski definition) is 5. The van der Waals surface area contributed by atoms with Crippen molar-refractivity contribution in [1.82, 2.24) is 4.90 Å². The Hall–Kier alpha value is -2.59. The minimum absolute atomic E-state index is 0.0457. The number of hydrogen-bond donors (Lipinski definition) is 2. The first-order chi connectivity index (χ1) is 15.1. The van der Waals surface area contributed by atoms with Crippen LogP contribution < -0.4 is 10.0 Å². The van der Waals surface area contributed by atoms with Crippen LogP contribution in [0.1, 0.15) is 25.3 Å². The highest BCUT2D eigenvalue weighted by Crippen LogP contribution is 2.38. The Morgan fingerprint density at radius 2 is 1.91 bits per heavy atom. The lowest BCUT2D eigenvalue weighted by Crippen LogP contribution is -2.47. The summed E-state index contributed by atoms with van der Waals surface area (Å²) in [5.41, 5.74) is 1.06. The number of anilines is 2. The second kappa shape index (κ2) is 8.74. The predicted molar refractivity (Wildman–Crippen MR) is 122 cm³/mol. The van der Waals surface area contributed by atoms with Crippen LogP contribution in [0, 0.1) is 18.7 Å². The van der Waals surface area contributed by atoms with E-state index in [1.807, 2.05) is 0 Å². The third-order valence-corrected chi connectivity index (χ3v) is 8.38. The minimum atomic E-state index is -3.96. The molecule has 2 heterocycles. The summed E-state index contributed by atoms with van der Waals surface area (Å²) in [5.74, 6) is -0.555. The molecule has 0 spiro atoms. The van der Waals surface area contributed by atoms with E-state index < -0.39 is 27.0 Å². The van der Waals surface area contributed by atoms with Crippen molar-refractivity contribution >= 4 is 45.0 Å². The lowest BCUT2D eigenvalue weighted by molar-refractivity contribution is -0.135. The van der Waals surface area contributed by atoms with Gasteiger partial charge in [0.05, 0.1) is 16.3 Å². The number of piperidine rings is 1. The summed E-state index contributed by atoms with van der Waals surface area (Å²) in [7, 11) is -3.96. The van der Waals surface area contributed by atoms with Crippen molar-refractivity contribution < 1.29 is 22.4 Å². The van der Waals surface area contributed by atoms with Crippen LogP contribution >= 0.6 is 11.8 Å². The molecule has 1 fully saturated rings. The number of thioether (sulfide) groups is 1. The number of benzene rings is 2. The Kier molecular flexibility index (Phi) is 6.17. The fourth-order valence-corrected chi connectivity index (χ4v) is 5.97. The van der Waals surface area contributed by atoms with Gasteiger partial charge in [0.15, 0.2) is 5.25 Å². The number of sulfonamides is 1. The van der Waals surface area contributed by atoms with Gasteiger partial charge in [-0.3, -0.25) is 14.3 Å². The molecule has 2 amide bonds. The molecule has 0 saturated carbocycles. The second-order valence-corrected chi connectivity index (χ2v) is 11.0. The fourth-order valence-electron chi connectivity index (χ4n) is 3.76. The van der Waals surface area contributed by atoms with Crippen LogP contribution in [0.15, 0.2) is 46.2 Å². The van der Waals surface area contributed by atoms with Crippen molar-refractivity contribution in [3.05, 3.63) is 47.8 Å². The molecular weight excluding hydrogens is 453 g/mol. The van der Waals surface area contributed by atoms with Crippen molar-refractivity contribution in [3.8, 4) is 0 Å². The van der Waals surface area contributed by atoms with Gasteiger partial charge < -0.3 is 10.2 Å². The van der Waals surface area contributed by atoms with Gasteiger partial charge in [-0.1, -0.05) is 6.92 Å². The quantitative estimate of drug-likeness (QED) is 0.656. The normalized spacial score (nSPS) is 19.3. The topological polar surface area (TPSA) is 95.6 Å². The summed E-state index contributed by atoms with van der Waals surface area (Å²) in [4.78, 5) is 27.8. The van der Waals surface area contributed by atoms with E-state index in [1.165, 1.54) is 30.3 Å². The molecule has 2 aromatic carbocycles. The molecule has 2 aromatic rings. The van der Waals surface area contributed by atoms with Gasteiger partial charge in [-0.05, 0) is 67.6 Å². The summed E-state index contributed by atoms with van der Waals surface area (Å²) in [5, 5.41) is 1.79. The zero-order valence-corrected chi connectivity index (χ0v) is 19.4. The van der Waals surface area contributed by atoms with E-state index in [0.29, 0.717) is 35.2 Å². The van der Waals surface area contributed by atoms with Crippen molar-refractivity contribution in [2.24, 2.45) is 5.92 Å². The van der Waals surface area contributed by atoms with Gasteiger partial charge in [-0.2, -0.15) is 0 Å². The number of nitrogens with zero attached hydrogens (tertiary/aromatic N) is 1. The highest BCUT2D eigenvalue weighted by atomic mass is 32.2. The van der Waals surface area contributed by atoms with E-state index in [2.05, 4.69) is 17.0 Å². The molecular formula is C22H24FN3O4S2. The lowest BCUT2D eigenvalue weighted by Gasteiger charge is -2.33. The molecule has 2 aliphatic rings. The first kappa shape index (κ1) is 22.6. The average Bonchev–Trinajstić information content (AvgIpc) is 2.75. The Morgan fingerprint density at radius 1 is 1.19 bits per heavy atom. The molecule has 0 aromatic heterocycles. The van der Waals surface area contributed by atoms with E-state index in [9.17, 15) is 22.4 Å². The summed E-state index contributed by atoms with van der Waals surface area (Å²) in [6, 6.07) is 8.15. The van der Waals surface area contributed by atoms with Crippen LogP contribution in [0.3, 0.4) is 0 Å². The molecule has 0 radical (unpaired) electrons. The number of fused-ring (bicyclic) bond motifs is 1. The van der Waals surface area contributed by atoms with E-state index >= 15 is 0 Å². The maximum absolute atomic E-state index is 13.3. The van der Waals surface area contributed by atoms with Crippen LogP contribution in [-0.2, 0) is 19.6 Å². The van der Waals surface area contributed by atoms with Gasteiger partial charge in [0.2, 0.25) is 11.8 Å². The van der Waals surface area contributed by atoms with E-state index in [4.69, 9.17) is 0 Å². The van der Waals surface area contributed by atoms with Crippen LogP contribution in [0.25, 0.3) is 0 Å². The average molecular weight is 478 g/mol. The van der Waals surface area contributed by atoms with Crippen molar-refractivity contribution in [2.45, 2.75) is 41.7 Å². The Labute approximate surface area is 190 Å². The van der Waals surface area contributed by atoms with Crippen LogP contribution in [0.5, 0.6) is 0 Å². The number of carbonyl (C=O) groups is 2. The van der Waals surface area contributed by atoms with Crippen molar-refractivity contribution in [1.29, 1.82) is 0 Å². The summed E-state index contributed by atoms with van der Waals surface area (Å²) in [6.07, 6.45) is 1.84. The molecule has 170 valence electrons. The molecule has 1 saturated heterocycles.